The van der Waals surface area contributed by atoms with E-state index < -0.39 is 5.97 Å². The van der Waals surface area contributed by atoms with E-state index >= 15 is 0 Å². The number of hydrogen-bond donors (Lipinski definition) is 0. The van der Waals surface area contributed by atoms with Crippen LogP contribution < -0.4 is 0 Å². The molecule has 2 aliphatic rings. The van der Waals surface area contributed by atoms with Gasteiger partial charge < -0.3 is 4.74 Å². The minimum absolute atomic E-state index is 0.162. The standard InChI is InChI=1S/C18H26N2O4S3/c1-3-5-6-7-8-9-10-19-16(23)15(27-18(19)25)17-20(13(21)12-26-17)11-14(22)24-4-2/h3-12H2,1-2H3/b17-15+. The zero-order chi connectivity index (χ0) is 19.8. The lowest BCUT2D eigenvalue weighted by molar-refractivity contribution is -0.146. The third-order valence-electron chi connectivity index (χ3n) is 4.25. The average molecular weight is 431 g/mol. The Bertz CT molecular complexity index is 636. The highest BCUT2D eigenvalue weighted by Gasteiger charge is 2.40. The van der Waals surface area contributed by atoms with Crippen molar-refractivity contribution in [1.82, 2.24) is 9.80 Å². The van der Waals surface area contributed by atoms with Gasteiger partial charge in [-0.05, 0) is 13.3 Å². The number of thiocarbonyl (C=S) groups is 1. The molecule has 150 valence electrons. The van der Waals surface area contributed by atoms with Crippen LogP contribution in [0.5, 0.6) is 0 Å². The first-order valence-electron chi connectivity index (χ1n) is 9.36. The van der Waals surface area contributed by atoms with Crippen molar-refractivity contribution in [2.24, 2.45) is 0 Å². The molecular weight excluding hydrogens is 404 g/mol. The van der Waals surface area contributed by atoms with Gasteiger partial charge in [0, 0.05) is 6.54 Å². The summed E-state index contributed by atoms with van der Waals surface area (Å²) in [6.45, 7) is 4.58. The number of amides is 2. The summed E-state index contributed by atoms with van der Waals surface area (Å²) < 4.78 is 5.45. The molecule has 0 bridgehead atoms. The normalized spacial score (nSPS) is 20.1. The van der Waals surface area contributed by atoms with Gasteiger partial charge in [-0.15, -0.1) is 0 Å². The molecule has 0 atom stereocenters. The van der Waals surface area contributed by atoms with Crippen LogP contribution >= 0.6 is 35.7 Å². The van der Waals surface area contributed by atoms with Crippen molar-refractivity contribution in [3.05, 3.63) is 9.93 Å². The molecule has 0 aromatic heterocycles. The van der Waals surface area contributed by atoms with E-state index in [1.165, 1.54) is 54.1 Å². The van der Waals surface area contributed by atoms with Crippen LogP contribution in [-0.2, 0) is 19.1 Å². The van der Waals surface area contributed by atoms with E-state index in [4.69, 9.17) is 17.0 Å². The van der Waals surface area contributed by atoms with Crippen LogP contribution in [0.3, 0.4) is 0 Å². The molecule has 0 spiro atoms. The van der Waals surface area contributed by atoms with Gasteiger partial charge in [0.05, 0.1) is 17.4 Å². The van der Waals surface area contributed by atoms with Crippen molar-refractivity contribution in [2.45, 2.75) is 52.4 Å². The summed E-state index contributed by atoms with van der Waals surface area (Å²) in [7, 11) is 0. The van der Waals surface area contributed by atoms with Gasteiger partial charge in [0.2, 0.25) is 5.91 Å². The number of ether oxygens (including phenoxy) is 1. The average Bonchev–Trinajstić information content (AvgIpc) is 3.12. The Hall–Kier alpha value is -1.06. The second-order valence-electron chi connectivity index (χ2n) is 6.30. The molecule has 0 saturated carbocycles. The lowest BCUT2D eigenvalue weighted by atomic mass is 10.1. The fourth-order valence-electron chi connectivity index (χ4n) is 2.85. The molecule has 0 aromatic carbocycles. The summed E-state index contributed by atoms with van der Waals surface area (Å²) in [6, 6.07) is 0. The first kappa shape index (κ1) is 22.2. The van der Waals surface area contributed by atoms with Crippen molar-refractivity contribution in [3.8, 4) is 0 Å². The van der Waals surface area contributed by atoms with E-state index in [1.807, 2.05) is 0 Å². The molecule has 6 nitrogen and oxygen atoms in total. The second-order valence-corrected chi connectivity index (χ2v) is 8.91. The van der Waals surface area contributed by atoms with E-state index in [-0.39, 0.29) is 30.7 Å². The first-order valence-corrected chi connectivity index (χ1v) is 11.6. The predicted molar refractivity (Wildman–Crippen MR) is 113 cm³/mol. The Labute approximate surface area is 174 Å². The van der Waals surface area contributed by atoms with E-state index in [9.17, 15) is 14.4 Å². The third kappa shape index (κ3) is 5.96. The molecule has 27 heavy (non-hydrogen) atoms. The smallest absolute Gasteiger partial charge is 0.326 e. The molecule has 2 fully saturated rings. The summed E-state index contributed by atoms with van der Waals surface area (Å²) in [5.74, 6) is -0.613. The maximum atomic E-state index is 12.8. The number of unbranched alkanes of at least 4 members (excludes halogenated alkanes) is 5. The Balaban J connectivity index is 2.00. The number of carbonyl (C=O) groups excluding carboxylic acids is 3. The highest BCUT2D eigenvalue weighted by atomic mass is 32.2. The highest BCUT2D eigenvalue weighted by molar-refractivity contribution is 8.27. The van der Waals surface area contributed by atoms with Gasteiger partial charge >= 0.3 is 5.97 Å². The Kier molecular flexibility index (Phi) is 9.11. The maximum absolute atomic E-state index is 12.8. The van der Waals surface area contributed by atoms with Crippen LogP contribution in [-0.4, -0.2) is 57.4 Å². The largest absolute Gasteiger partial charge is 0.465 e. The molecule has 2 amide bonds. The molecule has 0 N–H and O–H groups in total. The van der Waals surface area contributed by atoms with Gasteiger partial charge in [0.25, 0.3) is 5.91 Å². The molecule has 2 heterocycles. The SMILES string of the molecule is CCCCCCCCN1C(=O)/C(=C2\SCC(=O)N2CC(=O)OCC)SC1=S. The van der Waals surface area contributed by atoms with Crippen LogP contribution in [0.2, 0.25) is 0 Å². The van der Waals surface area contributed by atoms with E-state index in [0.29, 0.717) is 20.8 Å². The number of esters is 1. The molecule has 0 unspecified atom stereocenters. The number of hydrogen-bond acceptors (Lipinski definition) is 7. The highest BCUT2D eigenvalue weighted by Crippen LogP contribution is 2.41. The topological polar surface area (TPSA) is 66.9 Å². The van der Waals surface area contributed by atoms with Gasteiger partial charge in [-0.25, -0.2) is 0 Å². The monoisotopic (exact) mass is 430 g/mol. The van der Waals surface area contributed by atoms with Crippen molar-refractivity contribution >= 4 is 57.8 Å². The van der Waals surface area contributed by atoms with Crippen LogP contribution in [0.25, 0.3) is 0 Å². The third-order valence-corrected chi connectivity index (χ3v) is 6.91. The Morgan fingerprint density at radius 3 is 2.52 bits per heavy atom. The first-order chi connectivity index (χ1) is 13.0. The van der Waals surface area contributed by atoms with Crippen LogP contribution in [0.4, 0.5) is 0 Å². The summed E-state index contributed by atoms with van der Waals surface area (Å²) in [5, 5.41) is 0.524. The van der Waals surface area contributed by atoms with Gasteiger partial charge in [-0.2, -0.15) is 0 Å². The lowest BCUT2D eigenvalue weighted by Crippen LogP contribution is -2.33. The quantitative estimate of drug-likeness (QED) is 0.227. The second kappa shape index (κ2) is 11.1. The van der Waals surface area contributed by atoms with Crippen molar-refractivity contribution in [3.63, 3.8) is 0 Å². The van der Waals surface area contributed by atoms with Gasteiger partial charge in [-0.1, -0.05) is 74.8 Å². The maximum Gasteiger partial charge on any atom is 0.326 e. The predicted octanol–water partition coefficient (Wildman–Crippen LogP) is 3.51. The molecule has 2 rings (SSSR count). The van der Waals surface area contributed by atoms with Gasteiger partial charge in [-0.3, -0.25) is 24.2 Å². The van der Waals surface area contributed by atoms with Crippen molar-refractivity contribution in [1.29, 1.82) is 0 Å². The fourth-order valence-corrected chi connectivity index (χ4v) is 5.39. The molecular formula is C18H26N2O4S3. The molecule has 0 aliphatic carbocycles. The summed E-state index contributed by atoms with van der Waals surface area (Å²) >= 11 is 7.88. The minimum atomic E-state index is -0.478. The molecule has 9 heteroatoms. The minimum Gasteiger partial charge on any atom is -0.465 e. The fraction of sp³-hybridized carbons (Fsp3) is 0.667. The number of nitrogens with zero attached hydrogens (tertiary/aromatic N) is 2. The van der Waals surface area contributed by atoms with E-state index in [1.54, 1.807) is 11.8 Å². The molecule has 0 aromatic rings. The van der Waals surface area contributed by atoms with Gasteiger partial charge in [0.1, 0.15) is 15.8 Å². The number of carbonyl (C=O) groups is 3. The molecule has 2 saturated heterocycles. The van der Waals surface area contributed by atoms with Gasteiger partial charge in [0.15, 0.2) is 0 Å². The van der Waals surface area contributed by atoms with Crippen molar-refractivity contribution < 1.29 is 19.1 Å². The lowest BCUT2D eigenvalue weighted by Gasteiger charge is -2.17. The summed E-state index contributed by atoms with van der Waals surface area (Å²) in [6.07, 6.45) is 6.83. The van der Waals surface area contributed by atoms with E-state index in [0.717, 1.165) is 12.8 Å². The van der Waals surface area contributed by atoms with Crippen molar-refractivity contribution in [2.75, 3.05) is 25.4 Å². The summed E-state index contributed by atoms with van der Waals surface area (Å²) in [4.78, 5) is 40.2. The number of rotatable bonds is 10. The van der Waals surface area contributed by atoms with Crippen LogP contribution in [0, 0.1) is 0 Å². The zero-order valence-electron chi connectivity index (χ0n) is 15.8. The number of thioether (sulfide) groups is 2. The zero-order valence-corrected chi connectivity index (χ0v) is 18.3. The van der Waals surface area contributed by atoms with Crippen LogP contribution in [0.1, 0.15) is 52.4 Å². The Morgan fingerprint density at radius 1 is 1.11 bits per heavy atom. The molecule has 0 radical (unpaired) electrons. The molecule has 2 aliphatic heterocycles. The van der Waals surface area contributed by atoms with E-state index in [2.05, 4.69) is 6.92 Å². The summed E-state index contributed by atoms with van der Waals surface area (Å²) in [5.41, 5.74) is 0. The Morgan fingerprint density at radius 2 is 1.81 bits per heavy atom. The van der Waals surface area contributed by atoms with Crippen LogP contribution in [0.15, 0.2) is 9.93 Å².